The van der Waals surface area contributed by atoms with Crippen LogP contribution in [0.2, 0.25) is 0 Å². The minimum atomic E-state index is -1.56. The van der Waals surface area contributed by atoms with Crippen molar-refractivity contribution in [2.45, 2.75) is 50.2 Å². The van der Waals surface area contributed by atoms with E-state index < -0.39 is 92.0 Å². The SMILES string of the molecule is N=C(N)NCCC[C@H](NC(=O)[C@H](CC(=O)O)NC(=O)CN)C(=O)NCC(=O)N[C@@H](CCC(=O)O)C(=O)O. The molecule has 13 N–H and O–H groups in total. The van der Waals surface area contributed by atoms with Gasteiger partial charge >= 0.3 is 17.9 Å². The molecule has 0 radical (unpaired) electrons. The number of nitrogens with one attached hydrogen (secondary N) is 6. The molecule has 0 saturated carbocycles. The number of carboxylic acids is 3. The highest BCUT2D eigenvalue weighted by Gasteiger charge is 2.28. The number of aliphatic carboxylic acids is 3. The van der Waals surface area contributed by atoms with E-state index in [1.807, 2.05) is 0 Å². The van der Waals surface area contributed by atoms with Crippen LogP contribution in [0, 0.1) is 5.41 Å². The summed E-state index contributed by atoms with van der Waals surface area (Å²) in [6.07, 6.45) is -1.62. The Hall–Kier alpha value is -4.48. The van der Waals surface area contributed by atoms with Gasteiger partial charge in [0.05, 0.1) is 19.5 Å². The number of nitrogens with two attached hydrogens (primary N) is 2. The van der Waals surface area contributed by atoms with Crippen molar-refractivity contribution in [3.63, 3.8) is 0 Å². The normalized spacial score (nSPS) is 12.7. The van der Waals surface area contributed by atoms with Crippen LogP contribution in [0.5, 0.6) is 0 Å². The second-order valence-corrected chi connectivity index (χ2v) is 7.57. The van der Waals surface area contributed by atoms with E-state index in [0.717, 1.165) is 0 Å². The van der Waals surface area contributed by atoms with Gasteiger partial charge in [0.25, 0.3) is 0 Å². The molecule has 0 aliphatic rings. The molecule has 0 rings (SSSR count). The van der Waals surface area contributed by atoms with Gasteiger partial charge in [-0.25, -0.2) is 4.79 Å². The maximum absolute atomic E-state index is 12.7. The van der Waals surface area contributed by atoms with E-state index in [1.54, 1.807) is 0 Å². The van der Waals surface area contributed by atoms with Crippen LogP contribution in [-0.2, 0) is 33.6 Å². The van der Waals surface area contributed by atoms with Gasteiger partial charge in [0.15, 0.2) is 5.96 Å². The number of carboxylic acid groups (broad SMARTS) is 3. The van der Waals surface area contributed by atoms with E-state index >= 15 is 0 Å². The van der Waals surface area contributed by atoms with Gasteiger partial charge in [-0.15, -0.1) is 0 Å². The summed E-state index contributed by atoms with van der Waals surface area (Å²) < 4.78 is 0. The molecule has 0 aromatic rings. The summed E-state index contributed by atoms with van der Waals surface area (Å²) in [4.78, 5) is 81.8. The van der Waals surface area contributed by atoms with E-state index in [0.29, 0.717) is 0 Å². The van der Waals surface area contributed by atoms with Gasteiger partial charge in [0.2, 0.25) is 23.6 Å². The lowest BCUT2D eigenvalue weighted by Gasteiger charge is -2.22. The van der Waals surface area contributed by atoms with Crippen LogP contribution in [0.4, 0.5) is 0 Å². The van der Waals surface area contributed by atoms with Crippen LogP contribution in [-0.4, -0.2) is 101 Å². The maximum atomic E-state index is 12.7. The lowest BCUT2D eigenvalue weighted by atomic mass is 10.1. The van der Waals surface area contributed by atoms with Crippen molar-refractivity contribution in [2.24, 2.45) is 11.5 Å². The van der Waals surface area contributed by atoms with Crippen molar-refractivity contribution in [3.05, 3.63) is 0 Å². The minimum absolute atomic E-state index is 0.0690. The molecule has 4 amide bonds. The number of carbonyl (C=O) groups excluding carboxylic acids is 4. The lowest BCUT2D eigenvalue weighted by molar-refractivity contribution is -0.143. The Balaban J connectivity index is 5.30. The molecule has 0 bridgehead atoms. The number of rotatable bonds is 18. The van der Waals surface area contributed by atoms with E-state index in [-0.39, 0.29) is 25.3 Å². The Morgan fingerprint density at radius 2 is 1.38 bits per heavy atom. The van der Waals surface area contributed by atoms with Gasteiger partial charge in [-0.1, -0.05) is 0 Å². The molecule has 0 unspecified atom stereocenters. The van der Waals surface area contributed by atoms with Crippen LogP contribution < -0.4 is 38.1 Å². The quantitative estimate of drug-likeness (QED) is 0.0449. The molecule has 0 fully saturated rings. The van der Waals surface area contributed by atoms with Gasteiger partial charge in [-0.2, -0.15) is 0 Å². The minimum Gasteiger partial charge on any atom is -0.481 e. The predicted octanol–water partition coefficient (Wildman–Crippen LogP) is -4.80. The Morgan fingerprint density at radius 1 is 0.757 bits per heavy atom. The van der Waals surface area contributed by atoms with Crippen LogP contribution in [0.25, 0.3) is 0 Å². The molecular formula is C19H32N8O10. The van der Waals surface area contributed by atoms with E-state index in [2.05, 4.69) is 26.6 Å². The highest BCUT2D eigenvalue weighted by Crippen LogP contribution is 2.02. The zero-order chi connectivity index (χ0) is 28.5. The van der Waals surface area contributed by atoms with E-state index in [9.17, 15) is 33.6 Å². The second-order valence-electron chi connectivity index (χ2n) is 7.57. The fourth-order valence-corrected chi connectivity index (χ4v) is 2.77. The third kappa shape index (κ3) is 15.2. The van der Waals surface area contributed by atoms with Gasteiger partial charge in [-0.05, 0) is 19.3 Å². The van der Waals surface area contributed by atoms with Crippen molar-refractivity contribution in [1.29, 1.82) is 5.41 Å². The smallest absolute Gasteiger partial charge is 0.326 e. The molecule has 0 aromatic carbocycles. The van der Waals surface area contributed by atoms with Crippen molar-refractivity contribution < 1.29 is 48.9 Å². The average molecular weight is 533 g/mol. The number of hydrogen-bond donors (Lipinski definition) is 11. The van der Waals surface area contributed by atoms with Crippen LogP contribution >= 0.6 is 0 Å². The molecule has 3 atom stereocenters. The molecule has 0 saturated heterocycles. The number of amides is 4. The zero-order valence-corrected chi connectivity index (χ0v) is 19.7. The van der Waals surface area contributed by atoms with E-state index in [1.165, 1.54) is 0 Å². The van der Waals surface area contributed by atoms with Gasteiger partial charge in [0.1, 0.15) is 18.1 Å². The molecule has 0 spiro atoms. The van der Waals surface area contributed by atoms with Gasteiger partial charge < -0.3 is 53.4 Å². The van der Waals surface area contributed by atoms with Gasteiger partial charge in [0, 0.05) is 13.0 Å². The van der Waals surface area contributed by atoms with Crippen molar-refractivity contribution >= 4 is 47.5 Å². The summed E-state index contributed by atoms with van der Waals surface area (Å²) in [5.74, 6) is -8.20. The Kier molecular flexibility index (Phi) is 15.0. The van der Waals surface area contributed by atoms with Crippen molar-refractivity contribution in [2.75, 3.05) is 19.6 Å². The Bertz CT molecular complexity index is 881. The third-order valence-corrected chi connectivity index (χ3v) is 4.54. The summed E-state index contributed by atoms with van der Waals surface area (Å²) >= 11 is 0. The summed E-state index contributed by atoms with van der Waals surface area (Å²) in [6, 6.07) is -4.41. The first-order valence-electron chi connectivity index (χ1n) is 10.9. The Morgan fingerprint density at radius 3 is 1.89 bits per heavy atom. The largest absolute Gasteiger partial charge is 0.481 e. The summed E-state index contributed by atoms with van der Waals surface area (Å²) in [6.45, 7) is -1.12. The van der Waals surface area contributed by atoms with Crippen molar-refractivity contribution in [1.82, 2.24) is 26.6 Å². The highest BCUT2D eigenvalue weighted by atomic mass is 16.4. The average Bonchev–Trinajstić information content (AvgIpc) is 2.80. The van der Waals surface area contributed by atoms with Gasteiger partial charge in [-0.3, -0.25) is 34.2 Å². The molecule has 0 aliphatic carbocycles. The number of carbonyl (C=O) groups is 7. The summed E-state index contributed by atoms with van der Waals surface area (Å²) in [7, 11) is 0. The molecule has 208 valence electrons. The van der Waals surface area contributed by atoms with Crippen LogP contribution in [0.15, 0.2) is 0 Å². The van der Waals surface area contributed by atoms with E-state index in [4.69, 9.17) is 32.2 Å². The first-order valence-corrected chi connectivity index (χ1v) is 10.9. The first-order chi connectivity index (χ1) is 17.3. The molecule has 0 aromatic heterocycles. The monoisotopic (exact) mass is 532 g/mol. The Labute approximate surface area is 210 Å². The molecular weight excluding hydrogens is 500 g/mol. The molecule has 18 nitrogen and oxygen atoms in total. The maximum Gasteiger partial charge on any atom is 0.326 e. The topological polar surface area (TPSA) is 316 Å². The molecule has 18 heteroatoms. The second kappa shape index (κ2) is 17.0. The molecule has 37 heavy (non-hydrogen) atoms. The summed E-state index contributed by atoms with van der Waals surface area (Å²) in [5, 5.41) is 45.1. The predicted molar refractivity (Wildman–Crippen MR) is 124 cm³/mol. The third-order valence-electron chi connectivity index (χ3n) is 4.54. The zero-order valence-electron chi connectivity index (χ0n) is 19.7. The molecule has 0 aliphatic heterocycles. The lowest BCUT2D eigenvalue weighted by Crippen LogP contribution is -2.56. The first kappa shape index (κ1) is 32.5. The molecule has 0 heterocycles. The fourth-order valence-electron chi connectivity index (χ4n) is 2.77. The van der Waals surface area contributed by atoms with Crippen LogP contribution in [0.3, 0.4) is 0 Å². The number of guanidine groups is 1. The highest BCUT2D eigenvalue weighted by molar-refractivity contribution is 5.95. The standard InChI is InChI=1S/C19H32N8O10/c20-7-12(28)26-11(6-15(32)33)17(35)27-9(2-1-5-23-19(21)22)16(34)24-8-13(29)25-10(18(36)37)3-4-14(30)31/h9-11H,1-8,20H2,(H,24,34)(H,25,29)(H,26,28)(H,27,35)(H,30,31)(H,32,33)(H,36,37)(H4,21,22,23)/t9-,10-,11-/m0/s1. The fraction of sp³-hybridized carbons (Fsp3) is 0.579. The summed E-state index contributed by atoms with van der Waals surface area (Å²) in [5.41, 5.74) is 10.3. The van der Waals surface area contributed by atoms with Crippen molar-refractivity contribution in [3.8, 4) is 0 Å². The number of hydrogen-bond acceptors (Lipinski definition) is 9. The van der Waals surface area contributed by atoms with Crippen LogP contribution in [0.1, 0.15) is 32.1 Å².